The molecule has 0 amide bonds. The van der Waals surface area contributed by atoms with E-state index in [9.17, 15) is 15.0 Å². The molecular weight excluding hydrogens is 220 g/mol. The zero-order chi connectivity index (χ0) is 12.6. The average Bonchev–Trinajstić information content (AvgIpc) is 2.13. The number of hydrogen-bond acceptors (Lipinski definition) is 4. The summed E-state index contributed by atoms with van der Waals surface area (Å²) >= 11 is 0. The fourth-order valence-electron chi connectivity index (χ4n) is 1.91. The first-order valence-electron chi connectivity index (χ1n) is 5.42. The second-order valence-electron chi connectivity index (χ2n) is 4.27. The lowest BCUT2D eigenvalue weighted by Crippen LogP contribution is -2.09. The van der Waals surface area contributed by atoms with Crippen molar-refractivity contribution in [3.05, 3.63) is 39.7 Å². The lowest BCUT2D eigenvalue weighted by Gasteiger charge is -2.06. The molecule has 1 aromatic carbocycles. The maximum absolute atomic E-state index is 11.9. The van der Waals surface area contributed by atoms with Gasteiger partial charge in [-0.1, -0.05) is 0 Å². The highest BCUT2D eigenvalue weighted by Crippen LogP contribution is 2.22. The molecule has 0 saturated carbocycles. The summed E-state index contributed by atoms with van der Waals surface area (Å²) in [5.41, 5.74) is 0.877. The molecule has 0 unspecified atom stereocenters. The van der Waals surface area contributed by atoms with Crippen LogP contribution >= 0.6 is 0 Å². The predicted molar refractivity (Wildman–Crippen MR) is 64.3 cm³/mol. The highest BCUT2D eigenvalue weighted by Gasteiger charge is 2.10. The number of phenols is 1. The number of aryl methyl sites for hydroxylation is 1. The number of benzene rings is 1. The van der Waals surface area contributed by atoms with E-state index in [4.69, 9.17) is 4.42 Å². The van der Waals surface area contributed by atoms with Crippen molar-refractivity contribution in [2.45, 2.75) is 26.4 Å². The highest BCUT2D eigenvalue weighted by molar-refractivity contribution is 5.81. The minimum absolute atomic E-state index is 0.0624. The molecule has 2 aromatic rings. The Hall–Kier alpha value is -1.81. The molecule has 4 heteroatoms. The van der Waals surface area contributed by atoms with Crippen molar-refractivity contribution in [1.82, 2.24) is 0 Å². The fraction of sp³-hybridized carbons (Fsp3) is 0.308. The third-order valence-corrected chi connectivity index (χ3v) is 2.56. The fourth-order valence-corrected chi connectivity index (χ4v) is 1.91. The van der Waals surface area contributed by atoms with Crippen LogP contribution in [0.4, 0.5) is 0 Å². The summed E-state index contributed by atoms with van der Waals surface area (Å²) in [6.45, 7) is 3.37. The number of hydrogen-bond donors (Lipinski definition) is 2. The van der Waals surface area contributed by atoms with E-state index in [2.05, 4.69) is 0 Å². The van der Waals surface area contributed by atoms with Gasteiger partial charge in [-0.25, -0.2) is 0 Å². The van der Waals surface area contributed by atoms with E-state index < -0.39 is 6.10 Å². The molecule has 1 heterocycles. The predicted octanol–water partition coefficient (Wildman–Crippen LogP) is 1.73. The van der Waals surface area contributed by atoms with Gasteiger partial charge in [0.15, 0.2) is 5.43 Å². The first-order valence-corrected chi connectivity index (χ1v) is 5.42. The Labute approximate surface area is 98.1 Å². The molecule has 2 rings (SSSR count). The quantitative estimate of drug-likeness (QED) is 0.830. The van der Waals surface area contributed by atoms with E-state index in [1.54, 1.807) is 13.8 Å². The summed E-state index contributed by atoms with van der Waals surface area (Å²) in [5.74, 6) is 0.481. The van der Waals surface area contributed by atoms with Crippen LogP contribution in [0.5, 0.6) is 5.75 Å². The van der Waals surface area contributed by atoms with E-state index in [-0.39, 0.29) is 17.6 Å². The van der Waals surface area contributed by atoms with Gasteiger partial charge < -0.3 is 14.6 Å². The molecule has 1 aromatic heterocycles. The van der Waals surface area contributed by atoms with E-state index in [1.165, 1.54) is 18.2 Å². The molecule has 0 aliphatic heterocycles. The number of fused-ring (bicyclic) bond motifs is 1. The van der Waals surface area contributed by atoms with Crippen molar-refractivity contribution in [1.29, 1.82) is 0 Å². The average molecular weight is 234 g/mol. The summed E-state index contributed by atoms with van der Waals surface area (Å²) in [5, 5.41) is 19.2. The second kappa shape index (κ2) is 4.22. The van der Waals surface area contributed by atoms with E-state index in [0.717, 1.165) is 0 Å². The third kappa shape index (κ3) is 2.31. The van der Waals surface area contributed by atoms with Crippen LogP contribution in [0.3, 0.4) is 0 Å². The zero-order valence-corrected chi connectivity index (χ0v) is 9.73. The summed E-state index contributed by atoms with van der Waals surface area (Å²) in [7, 11) is 0. The summed E-state index contributed by atoms with van der Waals surface area (Å²) in [6, 6.07) is 4.32. The van der Waals surface area contributed by atoms with Gasteiger partial charge in [-0.2, -0.15) is 0 Å². The van der Waals surface area contributed by atoms with Crippen molar-refractivity contribution in [2.75, 3.05) is 0 Å². The Kier molecular flexibility index (Phi) is 2.90. The maximum atomic E-state index is 11.9. The van der Waals surface area contributed by atoms with Crippen LogP contribution in [-0.4, -0.2) is 16.3 Å². The Bertz CT molecular complexity index is 611. The molecule has 0 fully saturated rings. The van der Waals surface area contributed by atoms with Crippen LogP contribution < -0.4 is 5.43 Å². The Balaban J connectivity index is 2.69. The van der Waals surface area contributed by atoms with Gasteiger partial charge in [0.1, 0.15) is 17.1 Å². The molecule has 0 aliphatic rings. The van der Waals surface area contributed by atoms with Gasteiger partial charge in [0.05, 0.1) is 11.5 Å². The number of phenolic OH excluding ortho intramolecular Hbond substituents is 1. The molecule has 4 nitrogen and oxygen atoms in total. The number of rotatable bonds is 2. The lowest BCUT2D eigenvalue weighted by atomic mass is 10.1. The lowest BCUT2D eigenvalue weighted by molar-refractivity contribution is 0.187. The second-order valence-corrected chi connectivity index (χ2v) is 4.27. The largest absolute Gasteiger partial charge is 0.508 e. The van der Waals surface area contributed by atoms with E-state index >= 15 is 0 Å². The molecule has 0 radical (unpaired) electrons. The van der Waals surface area contributed by atoms with Gasteiger partial charge in [0.25, 0.3) is 0 Å². The highest BCUT2D eigenvalue weighted by atomic mass is 16.3. The topological polar surface area (TPSA) is 70.7 Å². The van der Waals surface area contributed by atoms with Gasteiger partial charge >= 0.3 is 0 Å². The molecule has 17 heavy (non-hydrogen) atoms. The normalized spacial score (nSPS) is 12.9. The van der Waals surface area contributed by atoms with Crippen molar-refractivity contribution in [3.63, 3.8) is 0 Å². The van der Waals surface area contributed by atoms with Crippen LogP contribution in [0, 0.1) is 6.92 Å². The Morgan fingerprint density at radius 1 is 1.35 bits per heavy atom. The molecule has 90 valence electrons. The molecule has 0 aliphatic carbocycles. The molecule has 1 atom stereocenters. The van der Waals surface area contributed by atoms with Crippen LogP contribution in [0.2, 0.25) is 0 Å². The standard InChI is InChI=1S/C13H14O4/c1-7-3-9(15)5-12-13(7)11(16)6-10(17-12)4-8(2)14/h3,5-6,8,14-15H,4H2,1-2H3/t8-/m0/s1. The first kappa shape index (κ1) is 11.7. The maximum Gasteiger partial charge on any atom is 0.193 e. The molecule has 0 spiro atoms. The van der Waals surface area contributed by atoms with Crippen molar-refractivity contribution < 1.29 is 14.6 Å². The van der Waals surface area contributed by atoms with Gasteiger partial charge in [-0.3, -0.25) is 4.79 Å². The van der Waals surface area contributed by atoms with Crippen molar-refractivity contribution in [2.24, 2.45) is 0 Å². The number of aliphatic hydroxyl groups is 1. The van der Waals surface area contributed by atoms with Crippen LogP contribution in [0.25, 0.3) is 11.0 Å². The van der Waals surface area contributed by atoms with Crippen LogP contribution in [0.15, 0.2) is 27.4 Å². The van der Waals surface area contributed by atoms with Crippen molar-refractivity contribution in [3.8, 4) is 5.75 Å². The van der Waals surface area contributed by atoms with E-state index in [0.29, 0.717) is 22.3 Å². The third-order valence-electron chi connectivity index (χ3n) is 2.56. The van der Waals surface area contributed by atoms with Crippen molar-refractivity contribution >= 4 is 11.0 Å². The molecule has 0 saturated heterocycles. The van der Waals surface area contributed by atoms with Gasteiger partial charge in [0.2, 0.25) is 0 Å². The van der Waals surface area contributed by atoms with Gasteiger partial charge in [-0.05, 0) is 25.5 Å². The smallest absolute Gasteiger partial charge is 0.193 e. The number of aromatic hydroxyl groups is 1. The van der Waals surface area contributed by atoms with Crippen LogP contribution in [0.1, 0.15) is 18.2 Å². The van der Waals surface area contributed by atoms with Gasteiger partial charge in [-0.15, -0.1) is 0 Å². The summed E-state index contributed by atoms with van der Waals surface area (Å²) in [6.07, 6.45) is -0.297. The van der Waals surface area contributed by atoms with E-state index in [1.807, 2.05) is 0 Å². The minimum atomic E-state index is -0.575. The minimum Gasteiger partial charge on any atom is -0.508 e. The molecular formula is C13H14O4. The monoisotopic (exact) mass is 234 g/mol. The molecule has 2 N–H and O–H groups in total. The first-order chi connectivity index (χ1) is 7.97. The zero-order valence-electron chi connectivity index (χ0n) is 9.73. The SMILES string of the molecule is Cc1cc(O)cc2oc(C[C@H](C)O)cc(=O)c12. The summed E-state index contributed by atoms with van der Waals surface area (Å²) < 4.78 is 5.50. The number of aliphatic hydroxyl groups excluding tert-OH is 1. The Morgan fingerprint density at radius 3 is 2.71 bits per heavy atom. The molecule has 0 bridgehead atoms. The Morgan fingerprint density at radius 2 is 2.06 bits per heavy atom. The van der Waals surface area contributed by atoms with Crippen LogP contribution in [-0.2, 0) is 6.42 Å². The summed E-state index contributed by atoms with van der Waals surface area (Å²) in [4.78, 5) is 11.9. The van der Waals surface area contributed by atoms with Gasteiger partial charge in [0, 0.05) is 18.6 Å².